The Balaban J connectivity index is 2.21. The van der Waals surface area contributed by atoms with Gasteiger partial charge in [0.15, 0.2) is 9.84 Å². The number of benzene rings is 2. The molecule has 2 aromatic rings. The minimum absolute atomic E-state index is 0.0930. The Bertz CT molecular complexity index is 768. The van der Waals surface area contributed by atoms with Gasteiger partial charge in [-0.15, -0.1) is 0 Å². The summed E-state index contributed by atoms with van der Waals surface area (Å²) in [6.45, 7) is 3.33. The molecule has 0 aromatic heterocycles. The molecule has 0 aliphatic rings. The Hall–Kier alpha value is -1.75. The zero-order valence-electron chi connectivity index (χ0n) is 11.9. The molecule has 0 saturated carbocycles. The van der Waals surface area contributed by atoms with Crippen LogP contribution in [-0.4, -0.2) is 14.2 Å². The highest BCUT2D eigenvalue weighted by molar-refractivity contribution is 7.91. The lowest BCUT2D eigenvalue weighted by Crippen LogP contribution is -2.10. The van der Waals surface area contributed by atoms with Crippen LogP contribution in [0.15, 0.2) is 41.3 Å². The fourth-order valence-corrected chi connectivity index (χ4v) is 3.44. The Morgan fingerprint density at radius 1 is 0.952 bits per heavy atom. The van der Waals surface area contributed by atoms with E-state index in [9.17, 15) is 17.2 Å². The minimum Gasteiger partial charge on any atom is -0.224 e. The van der Waals surface area contributed by atoms with E-state index < -0.39 is 15.7 Å². The molecule has 0 radical (unpaired) electrons. The van der Waals surface area contributed by atoms with Crippen molar-refractivity contribution in [3.05, 3.63) is 64.7 Å². The molecule has 0 N–H and O–H groups in total. The van der Waals surface area contributed by atoms with Crippen LogP contribution >= 0.6 is 0 Å². The van der Waals surface area contributed by atoms with Gasteiger partial charge < -0.3 is 0 Å². The predicted molar refractivity (Wildman–Crippen MR) is 78.0 cm³/mol. The number of halogens is 2. The first-order valence-corrected chi connectivity index (χ1v) is 8.19. The van der Waals surface area contributed by atoms with Crippen LogP contribution in [0.25, 0.3) is 0 Å². The van der Waals surface area contributed by atoms with Gasteiger partial charge >= 0.3 is 0 Å². The zero-order valence-corrected chi connectivity index (χ0v) is 12.7. The van der Waals surface area contributed by atoms with E-state index in [1.165, 1.54) is 31.2 Å². The summed E-state index contributed by atoms with van der Waals surface area (Å²) in [5.41, 5.74) is 1.80. The van der Waals surface area contributed by atoms with E-state index in [2.05, 4.69) is 0 Å². The van der Waals surface area contributed by atoms with Crippen LogP contribution in [0.3, 0.4) is 0 Å². The van der Waals surface area contributed by atoms with Crippen LogP contribution in [0, 0.1) is 25.5 Å². The van der Waals surface area contributed by atoms with E-state index in [0.29, 0.717) is 5.56 Å². The van der Waals surface area contributed by atoms with Gasteiger partial charge in [0.2, 0.25) is 0 Å². The minimum atomic E-state index is -3.52. The molecule has 112 valence electrons. The van der Waals surface area contributed by atoms with Crippen LogP contribution in [0.1, 0.15) is 16.7 Å². The summed E-state index contributed by atoms with van der Waals surface area (Å²) >= 11 is 0. The third kappa shape index (κ3) is 3.67. The first kappa shape index (κ1) is 15.6. The third-order valence-electron chi connectivity index (χ3n) is 3.44. The Kier molecular flexibility index (Phi) is 4.42. The van der Waals surface area contributed by atoms with E-state index in [-0.39, 0.29) is 28.4 Å². The molecule has 0 fully saturated rings. The summed E-state index contributed by atoms with van der Waals surface area (Å²) in [6.07, 6.45) is 0.225. The maximum atomic E-state index is 13.2. The van der Waals surface area contributed by atoms with Crippen molar-refractivity contribution in [2.75, 3.05) is 5.75 Å². The maximum absolute atomic E-state index is 13.2. The number of hydrogen-bond acceptors (Lipinski definition) is 2. The summed E-state index contributed by atoms with van der Waals surface area (Å²) in [5.74, 6) is -0.955. The number of rotatable bonds is 4. The molecule has 0 aliphatic heterocycles. The lowest BCUT2D eigenvalue weighted by atomic mass is 10.1. The third-order valence-corrected chi connectivity index (χ3v) is 5.15. The molecular formula is C16H16F2O2S. The van der Waals surface area contributed by atoms with Crippen molar-refractivity contribution in [3.63, 3.8) is 0 Å². The summed E-state index contributed by atoms with van der Waals surface area (Å²) in [7, 11) is -3.52. The van der Waals surface area contributed by atoms with E-state index in [4.69, 9.17) is 0 Å². The highest BCUT2D eigenvalue weighted by Crippen LogP contribution is 2.18. The molecule has 0 bridgehead atoms. The zero-order chi connectivity index (χ0) is 15.6. The van der Waals surface area contributed by atoms with E-state index >= 15 is 0 Å². The van der Waals surface area contributed by atoms with E-state index in [1.807, 2.05) is 6.92 Å². The first-order chi connectivity index (χ1) is 9.79. The average Bonchev–Trinajstić information content (AvgIpc) is 2.43. The monoisotopic (exact) mass is 310 g/mol. The number of aryl methyl sites for hydroxylation is 3. The summed E-state index contributed by atoms with van der Waals surface area (Å²) in [4.78, 5) is 0.0930. The number of sulfone groups is 1. The predicted octanol–water partition coefficient (Wildman–Crippen LogP) is 3.60. The summed E-state index contributed by atoms with van der Waals surface area (Å²) in [5, 5.41) is 0. The van der Waals surface area contributed by atoms with Gasteiger partial charge in [0.1, 0.15) is 11.6 Å². The molecule has 21 heavy (non-hydrogen) atoms. The first-order valence-electron chi connectivity index (χ1n) is 6.53. The molecule has 0 spiro atoms. The van der Waals surface area contributed by atoms with E-state index in [1.54, 1.807) is 6.07 Å². The highest BCUT2D eigenvalue weighted by Gasteiger charge is 2.16. The molecular weight excluding hydrogens is 294 g/mol. The van der Waals surface area contributed by atoms with Crippen molar-refractivity contribution >= 4 is 9.84 Å². The van der Waals surface area contributed by atoms with Crippen molar-refractivity contribution in [3.8, 4) is 0 Å². The Morgan fingerprint density at radius 3 is 2.33 bits per heavy atom. The summed E-state index contributed by atoms with van der Waals surface area (Å²) < 4.78 is 50.9. The second-order valence-corrected chi connectivity index (χ2v) is 7.16. The molecule has 0 atom stereocenters. The van der Waals surface area contributed by atoms with Crippen LogP contribution in [0.5, 0.6) is 0 Å². The Labute approximate surface area is 123 Å². The standard InChI is InChI=1S/C16H16F2O2S/c1-11-3-4-14(17)10-13(11)7-8-21(19,20)15-5-6-16(18)12(2)9-15/h3-6,9-10H,7-8H2,1-2H3. The lowest BCUT2D eigenvalue weighted by molar-refractivity contribution is 0.592. The number of hydrogen-bond donors (Lipinski definition) is 0. The largest absolute Gasteiger partial charge is 0.224 e. The van der Waals surface area contributed by atoms with Crippen LogP contribution in [-0.2, 0) is 16.3 Å². The van der Waals surface area contributed by atoms with Crippen molar-refractivity contribution < 1.29 is 17.2 Å². The summed E-state index contributed by atoms with van der Waals surface area (Å²) in [6, 6.07) is 8.05. The average molecular weight is 310 g/mol. The van der Waals surface area contributed by atoms with Gasteiger partial charge in [0, 0.05) is 0 Å². The van der Waals surface area contributed by atoms with Crippen molar-refractivity contribution in [1.29, 1.82) is 0 Å². The molecule has 2 rings (SSSR count). The molecule has 0 unspecified atom stereocenters. The van der Waals surface area contributed by atoms with Crippen molar-refractivity contribution in [2.45, 2.75) is 25.2 Å². The van der Waals surface area contributed by atoms with Gasteiger partial charge in [-0.2, -0.15) is 0 Å². The molecule has 0 amide bonds. The lowest BCUT2D eigenvalue weighted by Gasteiger charge is -2.08. The molecule has 0 saturated heterocycles. The van der Waals surface area contributed by atoms with Gasteiger partial charge in [0.05, 0.1) is 10.6 Å². The molecule has 2 nitrogen and oxygen atoms in total. The van der Waals surface area contributed by atoms with Gasteiger partial charge in [-0.25, -0.2) is 17.2 Å². The van der Waals surface area contributed by atoms with Crippen LogP contribution in [0.4, 0.5) is 8.78 Å². The quantitative estimate of drug-likeness (QED) is 0.809. The molecule has 5 heteroatoms. The topological polar surface area (TPSA) is 34.1 Å². The normalized spacial score (nSPS) is 11.6. The van der Waals surface area contributed by atoms with Crippen LogP contribution < -0.4 is 0 Å². The highest BCUT2D eigenvalue weighted by atomic mass is 32.2. The van der Waals surface area contributed by atoms with Gasteiger partial charge in [-0.1, -0.05) is 6.07 Å². The molecule has 2 aromatic carbocycles. The Morgan fingerprint density at radius 2 is 1.67 bits per heavy atom. The van der Waals surface area contributed by atoms with Crippen LogP contribution in [0.2, 0.25) is 0 Å². The van der Waals surface area contributed by atoms with Gasteiger partial charge in [-0.3, -0.25) is 0 Å². The smallest absolute Gasteiger partial charge is 0.178 e. The van der Waals surface area contributed by atoms with Crippen molar-refractivity contribution in [2.24, 2.45) is 0 Å². The molecule has 0 heterocycles. The second kappa shape index (κ2) is 5.93. The molecule has 0 aliphatic carbocycles. The van der Waals surface area contributed by atoms with Gasteiger partial charge in [0.25, 0.3) is 0 Å². The fraction of sp³-hybridized carbons (Fsp3) is 0.250. The second-order valence-electron chi connectivity index (χ2n) is 5.05. The van der Waals surface area contributed by atoms with Crippen molar-refractivity contribution in [1.82, 2.24) is 0 Å². The van der Waals surface area contributed by atoms with E-state index in [0.717, 1.165) is 11.6 Å². The SMILES string of the molecule is Cc1cc(S(=O)(=O)CCc2cc(F)ccc2C)ccc1F. The van der Waals surface area contributed by atoms with Gasteiger partial charge in [-0.05, 0) is 67.3 Å². The fourth-order valence-electron chi connectivity index (χ4n) is 2.08. The maximum Gasteiger partial charge on any atom is 0.178 e.